The van der Waals surface area contributed by atoms with E-state index in [-0.39, 0.29) is 16.7 Å². The molecule has 0 radical (unpaired) electrons. The van der Waals surface area contributed by atoms with Crippen molar-refractivity contribution < 1.29 is 4.92 Å². The lowest BCUT2D eigenvalue weighted by atomic mass is 9.91. The normalized spacial score (nSPS) is 23.1. The topological polar surface area (TPSA) is 81.2 Å². The predicted molar refractivity (Wildman–Crippen MR) is 79.4 cm³/mol. The Kier molecular flexibility index (Phi) is 4.42. The van der Waals surface area contributed by atoms with Crippen LogP contribution in [0.15, 0.2) is 16.6 Å². The van der Waals surface area contributed by atoms with E-state index in [0.29, 0.717) is 11.6 Å². The summed E-state index contributed by atoms with van der Waals surface area (Å²) in [7, 11) is 0. The van der Waals surface area contributed by atoms with E-state index in [1.165, 1.54) is 0 Å². The van der Waals surface area contributed by atoms with Crippen LogP contribution in [0, 0.1) is 17.0 Å². The Hall–Kier alpha value is -1.14. The molecule has 1 fully saturated rings. The smallest absolute Gasteiger partial charge is 0.274 e. The third kappa shape index (κ3) is 3.45. The van der Waals surface area contributed by atoms with Crippen LogP contribution in [0.1, 0.15) is 31.2 Å². The van der Waals surface area contributed by atoms with Crippen LogP contribution in [0.3, 0.4) is 0 Å². The molecule has 1 saturated carbocycles. The largest absolute Gasteiger partial charge is 0.381 e. The minimum atomic E-state index is -0.348. The zero-order chi connectivity index (χ0) is 14.0. The van der Waals surface area contributed by atoms with Gasteiger partial charge in [0.2, 0.25) is 0 Å². The molecule has 0 bridgehead atoms. The lowest BCUT2D eigenvalue weighted by Crippen LogP contribution is -2.34. The van der Waals surface area contributed by atoms with Gasteiger partial charge in [-0.2, -0.15) is 0 Å². The molecule has 0 aliphatic heterocycles. The lowest BCUT2D eigenvalue weighted by molar-refractivity contribution is -0.385. The fourth-order valence-corrected chi connectivity index (χ4v) is 3.12. The van der Waals surface area contributed by atoms with Crippen molar-refractivity contribution in [2.75, 3.05) is 5.32 Å². The maximum absolute atomic E-state index is 11.0. The number of benzene rings is 1. The zero-order valence-electron chi connectivity index (χ0n) is 10.9. The van der Waals surface area contributed by atoms with Crippen LogP contribution in [0.25, 0.3) is 0 Å². The van der Waals surface area contributed by atoms with Crippen molar-refractivity contribution in [2.24, 2.45) is 5.73 Å². The number of hydrogen-bond acceptors (Lipinski definition) is 4. The molecule has 1 aromatic rings. The molecule has 0 amide bonds. The fourth-order valence-electron chi connectivity index (χ4n) is 2.55. The molecule has 1 aliphatic rings. The highest BCUT2D eigenvalue weighted by Gasteiger charge is 2.21. The summed E-state index contributed by atoms with van der Waals surface area (Å²) in [6.07, 6.45) is 4.13. The van der Waals surface area contributed by atoms with E-state index in [1.54, 1.807) is 19.1 Å². The lowest BCUT2D eigenvalue weighted by Gasteiger charge is -2.28. The Morgan fingerprint density at radius 1 is 1.47 bits per heavy atom. The number of hydrogen-bond donors (Lipinski definition) is 2. The van der Waals surface area contributed by atoms with Crippen LogP contribution in [0.2, 0.25) is 0 Å². The Labute approximate surface area is 120 Å². The second-order valence-electron chi connectivity index (χ2n) is 5.14. The standard InChI is InChI=1S/C13H18BrN3O2/c1-8-5-11(14)12(7-13(8)17(18)19)16-10-4-2-3-9(15)6-10/h5,7,9-10,16H,2-4,6,15H2,1H3. The van der Waals surface area contributed by atoms with Crippen molar-refractivity contribution in [3.05, 3.63) is 32.3 Å². The van der Waals surface area contributed by atoms with Gasteiger partial charge in [-0.15, -0.1) is 0 Å². The van der Waals surface area contributed by atoms with E-state index in [0.717, 1.165) is 35.8 Å². The van der Waals surface area contributed by atoms with Crippen molar-refractivity contribution in [1.82, 2.24) is 0 Å². The monoisotopic (exact) mass is 327 g/mol. The summed E-state index contributed by atoms with van der Waals surface area (Å²) in [5.41, 5.74) is 7.53. The van der Waals surface area contributed by atoms with Crippen LogP contribution in [0.5, 0.6) is 0 Å². The van der Waals surface area contributed by atoms with Gasteiger partial charge in [-0.1, -0.05) is 0 Å². The molecular weight excluding hydrogens is 310 g/mol. The summed E-state index contributed by atoms with van der Waals surface area (Å²) in [6.45, 7) is 1.74. The van der Waals surface area contributed by atoms with Gasteiger partial charge in [0.05, 0.1) is 10.6 Å². The van der Waals surface area contributed by atoms with Crippen molar-refractivity contribution in [2.45, 2.75) is 44.7 Å². The fraction of sp³-hybridized carbons (Fsp3) is 0.538. The highest BCUT2D eigenvalue weighted by molar-refractivity contribution is 9.10. The molecule has 19 heavy (non-hydrogen) atoms. The number of nitro benzene ring substituents is 1. The molecule has 0 saturated heterocycles. The van der Waals surface area contributed by atoms with E-state index in [2.05, 4.69) is 21.2 Å². The molecule has 6 heteroatoms. The Balaban J connectivity index is 2.19. The van der Waals surface area contributed by atoms with Crippen LogP contribution in [-0.4, -0.2) is 17.0 Å². The van der Waals surface area contributed by atoms with E-state index >= 15 is 0 Å². The van der Waals surface area contributed by atoms with Gasteiger partial charge < -0.3 is 11.1 Å². The third-order valence-electron chi connectivity index (χ3n) is 3.56. The summed E-state index contributed by atoms with van der Waals surface area (Å²) in [4.78, 5) is 10.6. The maximum Gasteiger partial charge on any atom is 0.274 e. The SMILES string of the molecule is Cc1cc(Br)c(NC2CCCC(N)C2)cc1[N+](=O)[O-]. The average Bonchev–Trinajstić information content (AvgIpc) is 2.32. The number of aryl methyl sites for hydroxylation is 1. The molecule has 1 aromatic carbocycles. The van der Waals surface area contributed by atoms with Crippen LogP contribution in [0.4, 0.5) is 11.4 Å². The molecular formula is C13H18BrN3O2. The van der Waals surface area contributed by atoms with E-state index in [9.17, 15) is 10.1 Å². The van der Waals surface area contributed by atoms with Gasteiger partial charge in [-0.25, -0.2) is 0 Å². The maximum atomic E-state index is 11.0. The molecule has 5 nitrogen and oxygen atoms in total. The van der Waals surface area contributed by atoms with Gasteiger partial charge in [-0.3, -0.25) is 10.1 Å². The molecule has 2 rings (SSSR count). The predicted octanol–water partition coefficient (Wildman–Crippen LogP) is 3.35. The van der Waals surface area contributed by atoms with Gasteiger partial charge in [0.15, 0.2) is 0 Å². The summed E-state index contributed by atoms with van der Waals surface area (Å²) >= 11 is 3.46. The second kappa shape index (κ2) is 5.88. The summed E-state index contributed by atoms with van der Waals surface area (Å²) in [5.74, 6) is 0. The van der Waals surface area contributed by atoms with Gasteiger partial charge in [-0.05, 0) is 54.6 Å². The van der Waals surface area contributed by atoms with Gasteiger partial charge >= 0.3 is 0 Å². The van der Waals surface area contributed by atoms with Crippen molar-refractivity contribution >= 4 is 27.3 Å². The molecule has 0 aromatic heterocycles. The molecule has 1 aliphatic carbocycles. The Morgan fingerprint density at radius 2 is 2.21 bits per heavy atom. The van der Waals surface area contributed by atoms with Gasteiger partial charge in [0.1, 0.15) is 0 Å². The number of nitro groups is 1. The van der Waals surface area contributed by atoms with Gasteiger partial charge in [0, 0.05) is 28.2 Å². The summed E-state index contributed by atoms with van der Waals surface area (Å²) < 4.78 is 0.856. The van der Waals surface area contributed by atoms with E-state index in [1.807, 2.05) is 0 Å². The molecule has 2 unspecified atom stereocenters. The number of nitrogens with zero attached hydrogens (tertiary/aromatic N) is 1. The highest BCUT2D eigenvalue weighted by atomic mass is 79.9. The zero-order valence-corrected chi connectivity index (χ0v) is 12.4. The highest BCUT2D eigenvalue weighted by Crippen LogP contribution is 2.32. The number of anilines is 1. The van der Waals surface area contributed by atoms with Crippen LogP contribution in [-0.2, 0) is 0 Å². The van der Waals surface area contributed by atoms with Crippen molar-refractivity contribution in [3.8, 4) is 0 Å². The minimum Gasteiger partial charge on any atom is -0.381 e. The Morgan fingerprint density at radius 3 is 2.84 bits per heavy atom. The first-order valence-electron chi connectivity index (χ1n) is 6.44. The minimum absolute atomic E-state index is 0.144. The summed E-state index contributed by atoms with van der Waals surface area (Å²) in [6, 6.07) is 3.90. The van der Waals surface area contributed by atoms with Crippen molar-refractivity contribution in [3.63, 3.8) is 0 Å². The second-order valence-corrected chi connectivity index (χ2v) is 6.00. The van der Waals surface area contributed by atoms with E-state index < -0.39 is 0 Å². The molecule has 104 valence electrons. The van der Waals surface area contributed by atoms with Crippen LogP contribution < -0.4 is 11.1 Å². The number of nitrogens with one attached hydrogen (secondary N) is 1. The number of rotatable bonds is 3. The third-order valence-corrected chi connectivity index (χ3v) is 4.21. The number of nitrogens with two attached hydrogens (primary N) is 1. The van der Waals surface area contributed by atoms with Crippen molar-refractivity contribution in [1.29, 1.82) is 0 Å². The molecule has 2 atom stereocenters. The Bertz CT molecular complexity index is 493. The van der Waals surface area contributed by atoms with Gasteiger partial charge in [0.25, 0.3) is 5.69 Å². The molecule has 3 N–H and O–H groups in total. The number of halogens is 1. The quantitative estimate of drug-likeness (QED) is 0.658. The first kappa shape index (κ1) is 14.3. The summed E-state index contributed by atoms with van der Waals surface area (Å²) in [5, 5.41) is 14.3. The van der Waals surface area contributed by atoms with Crippen LogP contribution >= 0.6 is 15.9 Å². The molecule has 0 spiro atoms. The average molecular weight is 328 g/mol. The molecule has 0 heterocycles. The first-order valence-corrected chi connectivity index (χ1v) is 7.23. The van der Waals surface area contributed by atoms with E-state index in [4.69, 9.17) is 5.73 Å². The first-order chi connectivity index (χ1) is 8.97.